The van der Waals surface area contributed by atoms with E-state index in [1.807, 2.05) is 26.8 Å². The molecule has 130 valence electrons. The Morgan fingerprint density at radius 1 is 1.26 bits per heavy atom. The van der Waals surface area contributed by atoms with Crippen molar-refractivity contribution in [3.8, 4) is 0 Å². The van der Waals surface area contributed by atoms with E-state index >= 15 is 0 Å². The third-order valence-corrected chi connectivity index (χ3v) is 4.29. The summed E-state index contributed by atoms with van der Waals surface area (Å²) in [5, 5.41) is 0. The first-order valence-corrected chi connectivity index (χ1v) is 8.17. The van der Waals surface area contributed by atoms with Crippen molar-refractivity contribution in [1.29, 1.82) is 0 Å². The number of amides is 1. The van der Waals surface area contributed by atoms with Crippen LogP contribution in [0.3, 0.4) is 0 Å². The predicted molar refractivity (Wildman–Crippen MR) is 87.0 cm³/mol. The van der Waals surface area contributed by atoms with Gasteiger partial charge in [-0.3, -0.25) is 0 Å². The van der Waals surface area contributed by atoms with Crippen LogP contribution in [-0.2, 0) is 14.3 Å². The summed E-state index contributed by atoms with van der Waals surface area (Å²) < 4.78 is 10.4. The van der Waals surface area contributed by atoms with Crippen LogP contribution in [0.25, 0.3) is 0 Å². The smallest absolute Gasteiger partial charge is 0.410 e. The van der Waals surface area contributed by atoms with Gasteiger partial charge in [-0.05, 0) is 34.7 Å². The second-order valence-corrected chi connectivity index (χ2v) is 7.61. The van der Waals surface area contributed by atoms with Crippen LogP contribution in [0.2, 0.25) is 0 Å². The first-order valence-electron chi connectivity index (χ1n) is 8.17. The van der Waals surface area contributed by atoms with Crippen LogP contribution in [-0.4, -0.2) is 67.3 Å². The molecule has 2 aliphatic heterocycles. The van der Waals surface area contributed by atoms with Gasteiger partial charge in [0, 0.05) is 43.6 Å². The van der Waals surface area contributed by atoms with E-state index in [1.54, 1.807) is 11.8 Å². The number of carbonyl (C=O) groups excluding carboxylic acids is 2. The Morgan fingerprint density at radius 2 is 1.91 bits per heavy atom. The minimum Gasteiger partial charge on any atom is -0.463 e. The SMILES string of the molecule is CCOC(=O)/C=C/C1CN(C)CC12CN(C(=O)OC(C)(C)C)C2. The van der Waals surface area contributed by atoms with Crippen LogP contribution < -0.4 is 0 Å². The molecule has 0 aliphatic carbocycles. The summed E-state index contributed by atoms with van der Waals surface area (Å²) in [6.07, 6.45) is 3.20. The summed E-state index contributed by atoms with van der Waals surface area (Å²) in [5.41, 5.74) is -0.454. The molecule has 2 aliphatic rings. The van der Waals surface area contributed by atoms with Gasteiger partial charge in [0.25, 0.3) is 0 Å². The summed E-state index contributed by atoms with van der Waals surface area (Å²) in [5.74, 6) is -0.0592. The molecule has 0 N–H and O–H groups in total. The minimum atomic E-state index is -0.477. The van der Waals surface area contributed by atoms with Gasteiger partial charge in [0.1, 0.15) is 5.60 Å². The lowest BCUT2D eigenvalue weighted by Gasteiger charge is -2.50. The molecule has 1 spiro atoms. The topological polar surface area (TPSA) is 59.1 Å². The van der Waals surface area contributed by atoms with Crippen molar-refractivity contribution in [2.75, 3.05) is 39.8 Å². The van der Waals surface area contributed by atoms with Crippen molar-refractivity contribution in [3.63, 3.8) is 0 Å². The van der Waals surface area contributed by atoms with E-state index in [0.717, 1.165) is 13.1 Å². The number of rotatable bonds is 3. The normalized spacial score (nSPS) is 24.0. The maximum Gasteiger partial charge on any atom is 0.410 e. The van der Waals surface area contributed by atoms with Crippen molar-refractivity contribution < 1.29 is 19.1 Å². The number of carbonyl (C=O) groups is 2. The summed E-state index contributed by atoms with van der Waals surface area (Å²) in [7, 11) is 2.07. The van der Waals surface area contributed by atoms with E-state index in [0.29, 0.717) is 19.7 Å². The molecule has 0 aromatic carbocycles. The Kier molecular flexibility index (Phi) is 5.04. The second kappa shape index (κ2) is 6.51. The predicted octanol–water partition coefficient (Wildman–Crippen LogP) is 1.90. The first kappa shape index (κ1) is 17.8. The van der Waals surface area contributed by atoms with Gasteiger partial charge in [-0.15, -0.1) is 0 Å². The number of nitrogens with zero attached hydrogens (tertiary/aromatic N) is 2. The van der Waals surface area contributed by atoms with Gasteiger partial charge in [-0.25, -0.2) is 9.59 Å². The molecule has 0 aromatic rings. The fourth-order valence-electron chi connectivity index (χ4n) is 3.40. The van der Waals surface area contributed by atoms with E-state index in [4.69, 9.17) is 9.47 Å². The van der Waals surface area contributed by atoms with E-state index in [1.165, 1.54) is 6.08 Å². The van der Waals surface area contributed by atoms with Crippen LogP contribution in [0.4, 0.5) is 4.79 Å². The molecule has 2 saturated heterocycles. The highest BCUT2D eigenvalue weighted by atomic mass is 16.6. The fraction of sp³-hybridized carbons (Fsp3) is 0.765. The maximum atomic E-state index is 12.1. The van der Waals surface area contributed by atoms with Crippen molar-refractivity contribution in [3.05, 3.63) is 12.2 Å². The summed E-state index contributed by atoms with van der Waals surface area (Å²) in [6, 6.07) is 0. The minimum absolute atomic E-state index is 0.0225. The Hall–Kier alpha value is -1.56. The zero-order valence-corrected chi connectivity index (χ0v) is 14.8. The average molecular weight is 324 g/mol. The highest BCUT2D eigenvalue weighted by Gasteiger charge is 2.54. The molecule has 0 radical (unpaired) electrons. The molecular formula is C17H28N2O4. The van der Waals surface area contributed by atoms with Crippen LogP contribution in [0.15, 0.2) is 12.2 Å². The van der Waals surface area contributed by atoms with Gasteiger partial charge in [-0.2, -0.15) is 0 Å². The molecule has 0 aromatic heterocycles. The average Bonchev–Trinajstić information content (AvgIpc) is 2.69. The molecule has 6 nitrogen and oxygen atoms in total. The molecule has 0 bridgehead atoms. The Bertz CT molecular complexity index is 489. The first-order chi connectivity index (χ1) is 10.6. The molecule has 1 unspecified atom stereocenters. The second-order valence-electron chi connectivity index (χ2n) is 7.61. The molecule has 1 atom stereocenters. The molecule has 2 heterocycles. The Morgan fingerprint density at radius 3 is 2.48 bits per heavy atom. The summed E-state index contributed by atoms with van der Waals surface area (Å²) >= 11 is 0. The van der Waals surface area contributed by atoms with E-state index < -0.39 is 5.60 Å². The van der Waals surface area contributed by atoms with E-state index in [2.05, 4.69) is 11.9 Å². The highest BCUT2D eigenvalue weighted by molar-refractivity contribution is 5.82. The molecule has 2 fully saturated rings. The van der Waals surface area contributed by atoms with Crippen LogP contribution >= 0.6 is 0 Å². The van der Waals surface area contributed by atoms with E-state index in [9.17, 15) is 9.59 Å². The van der Waals surface area contributed by atoms with Crippen LogP contribution in [0, 0.1) is 11.3 Å². The lowest BCUT2D eigenvalue weighted by molar-refractivity contribution is -0.137. The highest BCUT2D eigenvalue weighted by Crippen LogP contribution is 2.44. The summed E-state index contributed by atoms with van der Waals surface area (Å²) in [6.45, 7) is 10.9. The molecule has 0 saturated carbocycles. The number of hydrogen-bond donors (Lipinski definition) is 0. The number of ether oxygens (including phenoxy) is 2. The van der Waals surface area contributed by atoms with Crippen LogP contribution in [0.5, 0.6) is 0 Å². The molecule has 23 heavy (non-hydrogen) atoms. The summed E-state index contributed by atoms with van der Waals surface area (Å²) in [4.78, 5) is 27.6. The lowest BCUT2D eigenvalue weighted by Crippen LogP contribution is -2.62. The fourth-order valence-corrected chi connectivity index (χ4v) is 3.40. The maximum absolute atomic E-state index is 12.1. The molecule has 6 heteroatoms. The van der Waals surface area contributed by atoms with Gasteiger partial charge >= 0.3 is 12.1 Å². The zero-order chi connectivity index (χ0) is 17.3. The monoisotopic (exact) mass is 324 g/mol. The quantitative estimate of drug-likeness (QED) is 0.586. The van der Waals surface area contributed by atoms with Crippen molar-refractivity contribution in [2.24, 2.45) is 11.3 Å². The van der Waals surface area contributed by atoms with Crippen molar-refractivity contribution in [1.82, 2.24) is 9.80 Å². The van der Waals surface area contributed by atoms with Crippen molar-refractivity contribution >= 4 is 12.1 Å². The molecular weight excluding hydrogens is 296 g/mol. The third-order valence-electron chi connectivity index (χ3n) is 4.29. The van der Waals surface area contributed by atoms with Crippen LogP contribution in [0.1, 0.15) is 27.7 Å². The lowest BCUT2D eigenvalue weighted by atomic mass is 9.71. The number of esters is 1. The standard InChI is InChI=1S/C17H28N2O4/c1-6-22-14(20)8-7-13-9-18(5)10-17(13)11-19(12-17)15(21)23-16(2,3)4/h7-8,13H,6,9-12H2,1-5H3/b8-7+. The van der Waals surface area contributed by atoms with Crippen molar-refractivity contribution in [2.45, 2.75) is 33.3 Å². The van der Waals surface area contributed by atoms with Gasteiger partial charge < -0.3 is 19.3 Å². The van der Waals surface area contributed by atoms with Gasteiger partial charge in [0.05, 0.1) is 6.61 Å². The Balaban J connectivity index is 1.96. The van der Waals surface area contributed by atoms with Gasteiger partial charge in [0.2, 0.25) is 0 Å². The molecule has 1 amide bonds. The van der Waals surface area contributed by atoms with Gasteiger partial charge in [-0.1, -0.05) is 6.08 Å². The number of hydrogen-bond acceptors (Lipinski definition) is 5. The zero-order valence-electron chi connectivity index (χ0n) is 14.8. The largest absolute Gasteiger partial charge is 0.463 e. The van der Waals surface area contributed by atoms with Gasteiger partial charge in [0.15, 0.2) is 0 Å². The number of likely N-dealkylation sites (tertiary alicyclic amines) is 2. The Labute approximate surface area is 138 Å². The molecule has 2 rings (SSSR count). The van der Waals surface area contributed by atoms with E-state index in [-0.39, 0.29) is 23.4 Å². The third kappa shape index (κ3) is 4.25.